The van der Waals surface area contributed by atoms with Gasteiger partial charge in [-0.25, -0.2) is 5.43 Å². The topological polar surface area (TPSA) is 78.4 Å². The fraction of sp³-hybridized carbons (Fsp3) is 0.300. The van der Waals surface area contributed by atoms with Gasteiger partial charge in [0, 0.05) is 5.56 Å². The molecular formula is C20H24N2O5. The van der Waals surface area contributed by atoms with Crippen LogP contribution in [-0.4, -0.2) is 40.1 Å². The van der Waals surface area contributed by atoms with Gasteiger partial charge in [-0.3, -0.25) is 4.79 Å². The van der Waals surface area contributed by atoms with Crippen molar-refractivity contribution in [3.63, 3.8) is 0 Å². The number of aryl methyl sites for hydroxylation is 1. The summed E-state index contributed by atoms with van der Waals surface area (Å²) in [5.41, 5.74) is 4.31. The molecule has 1 amide bonds. The predicted octanol–water partition coefficient (Wildman–Crippen LogP) is 2.80. The molecule has 0 unspecified atom stereocenters. The molecule has 2 aromatic carbocycles. The number of amides is 1. The average Bonchev–Trinajstić information content (AvgIpc) is 2.71. The van der Waals surface area contributed by atoms with Crippen LogP contribution in [0.3, 0.4) is 0 Å². The summed E-state index contributed by atoms with van der Waals surface area (Å²) < 4.78 is 21.2. The summed E-state index contributed by atoms with van der Waals surface area (Å²) in [6, 6.07) is 11.1. The highest BCUT2D eigenvalue weighted by Gasteiger charge is 2.12. The first-order valence-corrected chi connectivity index (χ1v) is 8.44. The lowest BCUT2D eigenvalue weighted by molar-refractivity contribution is -0.123. The molecule has 7 nitrogen and oxygen atoms in total. The van der Waals surface area contributed by atoms with Crippen LogP contribution >= 0.6 is 0 Å². The maximum atomic E-state index is 11.9. The highest BCUT2D eigenvalue weighted by Crippen LogP contribution is 2.37. The van der Waals surface area contributed by atoms with Crippen molar-refractivity contribution in [2.24, 2.45) is 5.10 Å². The predicted molar refractivity (Wildman–Crippen MR) is 103 cm³/mol. The zero-order chi connectivity index (χ0) is 19.6. The van der Waals surface area contributed by atoms with E-state index >= 15 is 0 Å². The van der Waals surface area contributed by atoms with Crippen LogP contribution in [-0.2, 0) is 11.2 Å². The molecule has 0 saturated heterocycles. The fourth-order valence-corrected chi connectivity index (χ4v) is 2.36. The van der Waals surface area contributed by atoms with E-state index in [1.165, 1.54) is 33.1 Å². The number of benzene rings is 2. The molecule has 0 bridgehead atoms. The van der Waals surface area contributed by atoms with E-state index in [1.807, 2.05) is 24.3 Å². The van der Waals surface area contributed by atoms with Crippen LogP contribution in [0, 0.1) is 0 Å². The average molecular weight is 372 g/mol. The molecule has 0 aliphatic rings. The number of hydrazone groups is 1. The third-order valence-corrected chi connectivity index (χ3v) is 3.79. The Kier molecular flexibility index (Phi) is 7.49. The Balaban J connectivity index is 1.92. The normalized spacial score (nSPS) is 10.5. The summed E-state index contributed by atoms with van der Waals surface area (Å²) >= 11 is 0. The lowest BCUT2D eigenvalue weighted by atomic mass is 10.2. The van der Waals surface area contributed by atoms with Gasteiger partial charge in [0.25, 0.3) is 5.91 Å². The van der Waals surface area contributed by atoms with Gasteiger partial charge in [0.15, 0.2) is 18.1 Å². The molecule has 0 fully saturated rings. The van der Waals surface area contributed by atoms with E-state index in [2.05, 4.69) is 17.5 Å². The molecule has 2 rings (SSSR count). The maximum Gasteiger partial charge on any atom is 0.277 e. The third kappa shape index (κ3) is 5.64. The quantitative estimate of drug-likeness (QED) is 0.541. The Morgan fingerprint density at radius 3 is 2.19 bits per heavy atom. The monoisotopic (exact) mass is 372 g/mol. The Bertz CT molecular complexity index is 762. The molecule has 0 saturated carbocycles. The van der Waals surface area contributed by atoms with Gasteiger partial charge in [0.2, 0.25) is 5.75 Å². The number of hydrogen-bond acceptors (Lipinski definition) is 6. The summed E-state index contributed by atoms with van der Waals surface area (Å²) in [6.45, 7) is 1.95. The fourth-order valence-electron chi connectivity index (χ4n) is 2.36. The number of rotatable bonds is 9. The molecule has 2 aromatic rings. The van der Waals surface area contributed by atoms with Crippen LogP contribution in [0.2, 0.25) is 0 Å². The zero-order valence-corrected chi connectivity index (χ0v) is 15.9. The van der Waals surface area contributed by atoms with Crippen LogP contribution in [0.15, 0.2) is 41.5 Å². The van der Waals surface area contributed by atoms with E-state index in [4.69, 9.17) is 18.9 Å². The second-order valence-corrected chi connectivity index (χ2v) is 5.54. The number of hydrogen-bond donors (Lipinski definition) is 1. The minimum atomic E-state index is -0.363. The summed E-state index contributed by atoms with van der Waals surface area (Å²) in [7, 11) is 4.60. The van der Waals surface area contributed by atoms with Crippen molar-refractivity contribution in [3.05, 3.63) is 47.5 Å². The maximum absolute atomic E-state index is 11.9. The number of carbonyl (C=O) groups is 1. The number of nitrogens with one attached hydrogen (secondary N) is 1. The van der Waals surface area contributed by atoms with Gasteiger partial charge in [0.1, 0.15) is 5.75 Å². The lowest BCUT2D eigenvalue weighted by Gasteiger charge is -2.12. The molecule has 27 heavy (non-hydrogen) atoms. The van der Waals surface area contributed by atoms with E-state index in [9.17, 15) is 4.79 Å². The number of nitrogens with zero attached hydrogens (tertiary/aromatic N) is 1. The lowest BCUT2D eigenvalue weighted by Crippen LogP contribution is -2.24. The van der Waals surface area contributed by atoms with Crippen LogP contribution < -0.4 is 24.4 Å². The Hall–Kier alpha value is -3.22. The van der Waals surface area contributed by atoms with Gasteiger partial charge in [-0.1, -0.05) is 19.1 Å². The van der Waals surface area contributed by atoms with Crippen molar-refractivity contribution in [1.29, 1.82) is 0 Å². The SMILES string of the molecule is CCc1ccc(OCC(=O)N/N=C\c2cc(OC)c(OC)c(OC)c2)cc1. The summed E-state index contributed by atoms with van der Waals surface area (Å²) in [4.78, 5) is 11.9. The third-order valence-electron chi connectivity index (χ3n) is 3.79. The standard InChI is InChI=1S/C20H24N2O5/c1-5-14-6-8-16(9-7-14)27-13-19(23)22-21-12-15-10-17(24-2)20(26-4)18(11-15)25-3/h6-12H,5,13H2,1-4H3,(H,22,23)/b21-12-. The van der Waals surface area contributed by atoms with Crippen LogP contribution in [0.1, 0.15) is 18.1 Å². The van der Waals surface area contributed by atoms with E-state index in [0.717, 1.165) is 6.42 Å². The smallest absolute Gasteiger partial charge is 0.277 e. The summed E-state index contributed by atoms with van der Waals surface area (Å²) in [6.07, 6.45) is 2.44. The minimum Gasteiger partial charge on any atom is -0.493 e. The van der Waals surface area contributed by atoms with Crippen molar-refractivity contribution in [2.75, 3.05) is 27.9 Å². The van der Waals surface area contributed by atoms with E-state index in [0.29, 0.717) is 28.6 Å². The molecule has 0 radical (unpaired) electrons. The van der Waals surface area contributed by atoms with Crippen molar-refractivity contribution in [3.8, 4) is 23.0 Å². The van der Waals surface area contributed by atoms with Gasteiger partial charge in [-0.05, 0) is 36.2 Å². The Morgan fingerprint density at radius 1 is 1.04 bits per heavy atom. The van der Waals surface area contributed by atoms with Crippen LogP contribution in [0.5, 0.6) is 23.0 Å². The van der Waals surface area contributed by atoms with Crippen molar-refractivity contribution >= 4 is 12.1 Å². The summed E-state index contributed by atoms with van der Waals surface area (Å²) in [5, 5.41) is 3.93. The molecule has 0 aliphatic carbocycles. The molecule has 0 heterocycles. The van der Waals surface area contributed by atoms with E-state index in [1.54, 1.807) is 12.1 Å². The zero-order valence-electron chi connectivity index (χ0n) is 15.9. The number of ether oxygens (including phenoxy) is 4. The van der Waals surface area contributed by atoms with Crippen molar-refractivity contribution < 1.29 is 23.7 Å². The van der Waals surface area contributed by atoms with Gasteiger partial charge in [-0.2, -0.15) is 5.10 Å². The molecule has 0 aromatic heterocycles. The molecular weight excluding hydrogens is 348 g/mol. The highest BCUT2D eigenvalue weighted by atomic mass is 16.5. The molecule has 0 atom stereocenters. The Morgan fingerprint density at radius 2 is 1.67 bits per heavy atom. The minimum absolute atomic E-state index is 0.127. The van der Waals surface area contributed by atoms with Gasteiger partial charge in [-0.15, -0.1) is 0 Å². The van der Waals surface area contributed by atoms with Crippen LogP contribution in [0.25, 0.3) is 0 Å². The molecule has 0 spiro atoms. The largest absolute Gasteiger partial charge is 0.493 e. The van der Waals surface area contributed by atoms with Gasteiger partial charge < -0.3 is 18.9 Å². The van der Waals surface area contributed by atoms with Gasteiger partial charge in [0.05, 0.1) is 27.5 Å². The second kappa shape index (κ2) is 10.1. The first kappa shape index (κ1) is 20.1. The first-order valence-electron chi connectivity index (χ1n) is 8.44. The summed E-state index contributed by atoms with van der Waals surface area (Å²) in [5.74, 6) is 1.77. The van der Waals surface area contributed by atoms with Crippen LogP contribution in [0.4, 0.5) is 0 Å². The molecule has 7 heteroatoms. The van der Waals surface area contributed by atoms with Crippen molar-refractivity contribution in [2.45, 2.75) is 13.3 Å². The van der Waals surface area contributed by atoms with E-state index < -0.39 is 0 Å². The number of carbonyl (C=O) groups excluding carboxylic acids is 1. The highest BCUT2D eigenvalue weighted by molar-refractivity contribution is 5.84. The Labute approximate surface area is 158 Å². The van der Waals surface area contributed by atoms with E-state index in [-0.39, 0.29) is 12.5 Å². The molecule has 0 aliphatic heterocycles. The van der Waals surface area contributed by atoms with Crippen molar-refractivity contribution in [1.82, 2.24) is 5.43 Å². The second-order valence-electron chi connectivity index (χ2n) is 5.54. The van der Waals surface area contributed by atoms with Gasteiger partial charge >= 0.3 is 0 Å². The molecule has 1 N–H and O–H groups in total. The molecule has 144 valence electrons. The number of methoxy groups -OCH3 is 3. The first-order chi connectivity index (χ1) is 13.1.